The summed E-state index contributed by atoms with van der Waals surface area (Å²) in [5, 5.41) is 38.3. The number of ketones is 1. The van der Waals surface area contributed by atoms with Gasteiger partial charge in [0.05, 0.1) is 6.61 Å². The van der Waals surface area contributed by atoms with Crippen molar-refractivity contribution in [3.8, 4) is 0 Å². The molecule has 0 aliphatic heterocycles. The quantitative estimate of drug-likeness (QED) is 0.340. The Morgan fingerprint density at radius 1 is 1.17 bits per heavy atom. The van der Waals surface area contributed by atoms with E-state index < -0.39 is 24.4 Å². The Morgan fingerprint density at radius 2 is 1.83 bits per heavy atom. The highest BCUT2D eigenvalue weighted by Crippen LogP contribution is 2.31. The Hall–Kier alpha value is -1.27. The van der Waals surface area contributed by atoms with Crippen LogP contribution in [-0.2, 0) is 4.79 Å². The van der Waals surface area contributed by atoms with Gasteiger partial charge in [-0.15, -0.1) is 0 Å². The number of hydrogen-bond donors (Lipinski definition) is 4. The predicted molar refractivity (Wildman–Crippen MR) is 93.4 cm³/mol. The summed E-state index contributed by atoms with van der Waals surface area (Å²) in [7, 11) is 0. The number of aliphatic hydroxyl groups excluding tert-OH is 3. The van der Waals surface area contributed by atoms with Crippen LogP contribution >= 0.6 is 0 Å². The maximum atomic E-state index is 11.9. The first-order chi connectivity index (χ1) is 11.4. The third-order valence-electron chi connectivity index (χ3n) is 4.31. The monoisotopic (exact) mass is 338 g/mol. The minimum Gasteiger partial charge on any atom is -0.394 e. The van der Waals surface area contributed by atoms with Gasteiger partial charge in [-0.3, -0.25) is 4.79 Å². The number of carbonyl (C=O) groups is 1. The molecule has 1 rings (SSSR count). The van der Waals surface area contributed by atoms with E-state index in [4.69, 9.17) is 5.11 Å². The highest BCUT2D eigenvalue weighted by molar-refractivity contribution is 6.09. The Labute approximate surface area is 144 Å². The molecule has 0 radical (unpaired) electrons. The summed E-state index contributed by atoms with van der Waals surface area (Å²) in [4.78, 5) is 11.9. The third-order valence-corrected chi connectivity index (χ3v) is 4.31. The molecule has 136 valence electrons. The Kier molecular flexibility index (Phi) is 9.14. The molecule has 0 saturated heterocycles. The maximum Gasteiger partial charge on any atom is 0.184 e. The first-order valence-corrected chi connectivity index (χ1v) is 8.76. The van der Waals surface area contributed by atoms with Crippen LogP contribution in [0.1, 0.15) is 51.9 Å². The molecule has 24 heavy (non-hydrogen) atoms. The summed E-state index contributed by atoms with van der Waals surface area (Å²) in [5.74, 6) is -0.245. The molecule has 3 atom stereocenters. The van der Waals surface area contributed by atoms with Crippen molar-refractivity contribution in [2.75, 3.05) is 6.61 Å². The van der Waals surface area contributed by atoms with Crippen LogP contribution < -0.4 is 0 Å². The van der Waals surface area contributed by atoms with Gasteiger partial charge >= 0.3 is 0 Å². The van der Waals surface area contributed by atoms with Crippen molar-refractivity contribution in [1.82, 2.24) is 0 Å². The standard InChI is InChI=1S/C19H30O5/c1-2-3-4-5-6-7-12-19(24)13-11-16(21)15(19)9-8-10-17(22)18(23)14-20/h8-11,13,17-18,20,22-24H,2-7,12,14H2,1H3/b10-8+,15-9+. The van der Waals surface area contributed by atoms with Crippen LogP contribution in [0.3, 0.4) is 0 Å². The lowest BCUT2D eigenvalue weighted by molar-refractivity contribution is -0.112. The van der Waals surface area contributed by atoms with Gasteiger partial charge in [-0.1, -0.05) is 57.3 Å². The highest BCUT2D eigenvalue weighted by Gasteiger charge is 2.36. The zero-order valence-electron chi connectivity index (χ0n) is 14.4. The third kappa shape index (κ3) is 6.32. The lowest BCUT2D eigenvalue weighted by Crippen LogP contribution is -2.28. The molecule has 5 heteroatoms. The van der Waals surface area contributed by atoms with Crippen molar-refractivity contribution < 1.29 is 25.2 Å². The van der Waals surface area contributed by atoms with E-state index in [9.17, 15) is 20.1 Å². The second-order valence-corrected chi connectivity index (χ2v) is 6.35. The van der Waals surface area contributed by atoms with Crippen molar-refractivity contribution in [3.63, 3.8) is 0 Å². The molecule has 0 fully saturated rings. The van der Waals surface area contributed by atoms with Gasteiger partial charge in [-0.25, -0.2) is 0 Å². The fourth-order valence-corrected chi connectivity index (χ4v) is 2.73. The zero-order chi connectivity index (χ0) is 18.0. The molecule has 0 bridgehead atoms. The van der Waals surface area contributed by atoms with Gasteiger partial charge in [0, 0.05) is 5.57 Å². The van der Waals surface area contributed by atoms with Crippen LogP contribution in [0.5, 0.6) is 0 Å². The number of allylic oxidation sites excluding steroid dienone is 3. The molecule has 1 aliphatic rings. The van der Waals surface area contributed by atoms with Crippen LogP contribution in [0.25, 0.3) is 0 Å². The topological polar surface area (TPSA) is 98.0 Å². The normalized spacial score (nSPS) is 25.0. The van der Waals surface area contributed by atoms with Crippen LogP contribution in [0, 0.1) is 0 Å². The SMILES string of the molecule is CCCCCCCCC1(O)C=CC(=O)/C1=C\C=C\C(O)C(O)CO. The molecule has 0 aromatic rings. The minimum absolute atomic E-state index is 0.245. The number of aliphatic hydroxyl groups is 4. The second-order valence-electron chi connectivity index (χ2n) is 6.35. The van der Waals surface area contributed by atoms with E-state index in [0.29, 0.717) is 6.42 Å². The molecule has 0 heterocycles. The summed E-state index contributed by atoms with van der Waals surface area (Å²) in [5.41, 5.74) is -0.981. The molecule has 0 saturated carbocycles. The molecule has 1 aliphatic carbocycles. The molecule has 0 spiro atoms. The molecule has 3 unspecified atom stereocenters. The highest BCUT2D eigenvalue weighted by atomic mass is 16.4. The van der Waals surface area contributed by atoms with Crippen LogP contribution in [0.2, 0.25) is 0 Å². The van der Waals surface area contributed by atoms with Crippen LogP contribution in [-0.4, -0.2) is 50.6 Å². The number of rotatable bonds is 11. The first kappa shape index (κ1) is 20.8. The van der Waals surface area contributed by atoms with Crippen LogP contribution in [0.4, 0.5) is 0 Å². The lowest BCUT2D eigenvalue weighted by Gasteiger charge is -2.22. The summed E-state index contributed by atoms with van der Waals surface area (Å²) in [6.07, 6.45) is 11.7. The van der Waals surface area contributed by atoms with Crippen molar-refractivity contribution in [2.24, 2.45) is 0 Å². The molecular formula is C19H30O5. The van der Waals surface area contributed by atoms with E-state index in [1.165, 1.54) is 49.6 Å². The van der Waals surface area contributed by atoms with Crippen molar-refractivity contribution in [2.45, 2.75) is 69.7 Å². The Morgan fingerprint density at radius 3 is 2.50 bits per heavy atom. The van der Waals surface area contributed by atoms with Crippen molar-refractivity contribution in [3.05, 3.63) is 36.0 Å². The first-order valence-electron chi connectivity index (χ1n) is 8.76. The summed E-state index contributed by atoms with van der Waals surface area (Å²) in [6.45, 7) is 1.61. The lowest BCUT2D eigenvalue weighted by atomic mass is 9.90. The second kappa shape index (κ2) is 10.6. The molecule has 4 N–H and O–H groups in total. The summed E-state index contributed by atoms with van der Waals surface area (Å²) < 4.78 is 0. The van der Waals surface area contributed by atoms with Gasteiger partial charge in [0.1, 0.15) is 17.8 Å². The van der Waals surface area contributed by atoms with Gasteiger partial charge in [0.2, 0.25) is 0 Å². The average Bonchev–Trinajstić information content (AvgIpc) is 2.85. The number of unbranched alkanes of at least 4 members (excludes halogenated alkanes) is 5. The fraction of sp³-hybridized carbons (Fsp3) is 0.632. The van der Waals surface area contributed by atoms with Gasteiger partial charge in [-0.05, 0) is 25.0 Å². The molecule has 5 nitrogen and oxygen atoms in total. The van der Waals surface area contributed by atoms with E-state index in [-0.39, 0.29) is 11.4 Å². The smallest absolute Gasteiger partial charge is 0.184 e. The number of carbonyl (C=O) groups excluding carboxylic acids is 1. The average molecular weight is 338 g/mol. The van der Waals surface area contributed by atoms with Crippen molar-refractivity contribution in [1.29, 1.82) is 0 Å². The zero-order valence-corrected chi connectivity index (χ0v) is 14.4. The van der Waals surface area contributed by atoms with Gasteiger partial charge in [0.15, 0.2) is 5.78 Å². The minimum atomic E-state index is -1.26. The van der Waals surface area contributed by atoms with E-state index in [2.05, 4.69) is 6.92 Å². The maximum absolute atomic E-state index is 11.9. The molecule has 0 aromatic carbocycles. The van der Waals surface area contributed by atoms with E-state index in [1.54, 1.807) is 0 Å². The van der Waals surface area contributed by atoms with Gasteiger partial charge in [0.25, 0.3) is 0 Å². The Balaban J connectivity index is 2.59. The van der Waals surface area contributed by atoms with E-state index in [1.807, 2.05) is 0 Å². The molecule has 0 amide bonds. The number of hydrogen-bond acceptors (Lipinski definition) is 5. The van der Waals surface area contributed by atoms with Crippen LogP contribution in [0.15, 0.2) is 36.0 Å². The van der Waals surface area contributed by atoms with Gasteiger partial charge in [-0.2, -0.15) is 0 Å². The Bertz CT molecular complexity index is 480. The predicted octanol–water partition coefficient (Wildman–Crippen LogP) is 1.80. The molecule has 0 aromatic heterocycles. The largest absolute Gasteiger partial charge is 0.394 e. The molecular weight excluding hydrogens is 308 g/mol. The van der Waals surface area contributed by atoms with Crippen molar-refractivity contribution >= 4 is 5.78 Å². The fourth-order valence-electron chi connectivity index (χ4n) is 2.73. The summed E-state index contributed by atoms with van der Waals surface area (Å²) in [6, 6.07) is 0. The van der Waals surface area contributed by atoms with Gasteiger partial charge < -0.3 is 20.4 Å². The summed E-state index contributed by atoms with van der Waals surface area (Å²) >= 11 is 0. The van der Waals surface area contributed by atoms with E-state index >= 15 is 0 Å². The van der Waals surface area contributed by atoms with E-state index in [0.717, 1.165) is 19.3 Å².